The van der Waals surface area contributed by atoms with Crippen LogP contribution in [0.1, 0.15) is 39.5 Å². The fourth-order valence-electron chi connectivity index (χ4n) is 2.77. The lowest BCUT2D eigenvalue weighted by Gasteiger charge is -2.29. The predicted molar refractivity (Wildman–Crippen MR) is 58.3 cm³/mol. The minimum Gasteiger partial charge on any atom is -0.380 e. The smallest absolute Gasteiger partial charge is 0.0619 e. The molecule has 0 spiro atoms. The van der Waals surface area contributed by atoms with Crippen LogP contribution in [0.2, 0.25) is 0 Å². The van der Waals surface area contributed by atoms with E-state index in [0.717, 1.165) is 31.1 Å². The summed E-state index contributed by atoms with van der Waals surface area (Å²) in [6.07, 6.45) is 5.29. The van der Waals surface area contributed by atoms with Crippen LogP contribution in [-0.2, 0) is 4.74 Å². The van der Waals surface area contributed by atoms with Gasteiger partial charge in [0, 0.05) is 18.7 Å². The molecule has 1 aliphatic heterocycles. The van der Waals surface area contributed by atoms with Gasteiger partial charge in [-0.05, 0) is 37.5 Å². The molecule has 0 aromatic rings. The summed E-state index contributed by atoms with van der Waals surface area (Å²) in [6.45, 7) is 6.66. The van der Waals surface area contributed by atoms with Crippen molar-refractivity contribution in [3.8, 4) is 0 Å². The molecule has 2 heteroatoms. The number of ether oxygens (including phenoxy) is 1. The molecular weight excluding hydrogens is 174 g/mol. The lowest BCUT2D eigenvalue weighted by Crippen LogP contribution is -2.44. The van der Waals surface area contributed by atoms with Crippen LogP contribution < -0.4 is 5.32 Å². The molecular formula is C12H23NO. The van der Waals surface area contributed by atoms with Gasteiger partial charge in [-0.25, -0.2) is 0 Å². The summed E-state index contributed by atoms with van der Waals surface area (Å²) in [5.41, 5.74) is 0. The molecule has 2 aliphatic rings. The van der Waals surface area contributed by atoms with Gasteiger partial charge >= 0.3 is 0 Å². The summed E-state index contributed by atoms with van der Waals surface area (Å²) < 4.78 is 5.49. The molecule has 1 aliphatic carbocycles. The van der Waals surface area contributed by atoms with E-state index in [-0.39, 0.29) is 0 Å². The summed E-state index contributed by atoms with van der Waals surface area (Å²) >= 11 is 0. The van der Waals surface area contributed by atoms with E-state index in [1.807, 2.05) is 0 Å². The van der Waals surface area contributed by atoms with Crippen molar-refractivity contribution in [3.63, 3.8) is 0 Å². The molecule has 14 heavy (non-hydrogen) atoms. The highest BCUT2D eigenvalue weighted by molar-refractivity contribution is 4.87. The minimum absolute atomic E-state index is 0.626. The highest BCUT2D eigenvalue weighted by Gasteiger charge is 2.31. The average Bonchev–Trinajstić information content (AvgIpc) is 2.52. The van der Waals surface area contributed by atoms with Gasteiger partial charge in [0.25, 0.3) is 0 Å². The Hall–Kier alpha value is -0.0800. The Morgan fingerprint density at radius 2 is 2.00 bits per heavy atom. The third-order valence-electron chi connectivity index (χ3n) is 4.08. The molecule has 4 unspecified atom stereocenters. The van der Waals surface area contributed by atoms with E-state index in [9.17, 15) is 0 Å². The molecule has 0 amide bonds. The first-order valence-electron chi connectivity index (χ1n) is 6.11. The molecule has 1 saturated carbocycles. The summed E-state index contributed by atoms with van der Waals surface area (Å²) in [5, 5.41) is 3.77. The maximum Gasteiger partial charge on any atom is 0.0619 e. The first-order chi connectivity index (χ1) is 6.77. The van der Waals surface area contributed by atoms with Crippen LogP contribution in [0.5, 0.6) is 0 Å². The van der Waals surface area contributed by atoms with E-state index in [0.29, 0.717) is 6.04 Å². The van der Waals surface area contributed by atoms with Gasteiger partial charge in [0.05, 0.1) is 6.61 Å². The van der Waals surface area contributed by atoms with E-state index >= 15 is 0 Å². The fraction of sp³-hybridized carbons (Fsp3) is 1.00. The number of nitrogens with one attached hydrogen (secondary N) is 1. The minimum atomic E-state index is 0.626. The molecule has 1 saturated heterocycles. The van der Waals surface area contributed by atoms with Gasteiger partial charge in [-0.3, -0.25) is 0 Å². The van der Waals surface area contributed by atoms with Gasteiger partial charge in [0.2, 0.25) is 0 Å². The van der Waals surface area contributed by atoms with Crippen molar-refractivity contribution < 1.29 is 4.74 Å². The molecule has 1 N–H and O–H groups in total. The van der Waals surface area contributed by atoms with Gasteiger partial charge in [-0.2, -0.15) is 0 Å². The number of hydrogen-bond donors (Lipinski definition) is 1. The third kappa shape index (κ3) is 2.29. The van der Waals surface area contributed by atoms with Crippen molar-refractivity contribution in [2.45, 2.75) is 51.6 Å². The Balaban J connectivity index is 1.79. The average molecular weight is 197 g/mol. The number of hydrogen-bond acceptors (Lipinski definition) is 2. The van der Waals surface area contributed by atoms with Crippen LogP contribution >= 0.6 is 0 Å². The highest BCUT2D eigenvalue weighted by atomic mass is 16.5. The largest absolute Gasteiger partial charge is 0.380 e. The molecule has 2 nitrogen and oxygen atoms in total. The normalized spacial score (nSPS) is 44.1. The quantitative estimate of drug-likeness (QED) is 0.732. The van der Waals surface area contributed by atoms with Gasteiger partial charge in [0.1, 0.15) is 0 Å². The van der Waals surface area contributed by atoms with Crippen molar-refractivity contribution in [1.29, 1.82) is 0 Å². The predicted octanol–water partition coefficient (Wildman–Crippen LogP) is 2.19. The van der Waals surface area contributed by atoms with Crippen LogP contribution in [0.25, 0.3) is 0 Å². The lowest BCUT2D eigenvalue weighted by molar-refractivity contribution is 0.0642. The first kappa shape index (κ1) is 10.4. The summed E-state index contributed by atoms with van der Waals surface area (Å²) in [5.74, 6) is 1.74. The molecule has 1 heterocycles. The van der Waals surface area contributed by atoms with Crippen LogP contribution in [0.4, 0.5) is 0 Å². The fourth-order valence-corrected chi connectivity index (χ4v) is 2.77. The van der Waals surface area contributed by atoms with Crippen LogP contribution in [0.3, 0.4) is 0 Å². The Morgan fingerprint density at radius 1 is 1.14 bits per heavy atom. The molecule has 4 atom stereocenters. The van der Waals surface area contributed by atoms with Crippen LogP contribution in [0, 0.1) is 11.8 Å². The second-order valence-corrected chi connectivity index (χ2v) is 5.10. The Labute approximate surface area is 87.4 Å². The third-order valence-corrected chi connectivity index (χ3v) is 4.08. The first-order valence-corrected chi connectivity index (χ1v) is 6.11. The van der Waals surface area contributed by atoms with E-state index in [1.54, 1.807) is 0 Å². The van der Waals surface area contributed by atoms with Crippen molar-refractivity contribution in [2.24, 2.45) is 11.8 Å². The Morgan fingerprint density at radius 3 is 2.57 bits per heavy atom. The van der Waals surface area contributed by atoms with Gasteiger partial charge < -0.3 is 10.1 Å². The Kier molecular flexibility index (Phi) is 3.45. The van der Waals surface area contributed by atoms with Gasteiger partial charge in [-0.1, -0.05) is 13.8 Å². The molecule has 2 rings (SSSR count). The second kappa shape index (κ2) is 4.63. The summed E-state index contributed by atoms with van der Waals surface area (Å²) in [4.78, 5) is 0. The standard InChI is InChI=1S/C12H23NO/c1-9-5-6-12(10(9)2)13-11-4-3-7-14-8-11/h9-13H,3-8H2,1-2H3. The zero-order valence-corrected chi connectivity index (χ0v) is 9.46. The zero-order chi connectivity index (χ0) is 9.97. The SMILES string of the molecule is CC1CCC(NC2CCCOC2)C1C. The zero-order valence-electron chi connectivity index (χ0n) is 9.46. The van der Waals surface area contributed by atoms with E-state index < -0.39 is 0 Å². The monoisotopic (exact) mass is 197 g/mol. The maximum absolute atomic E-state index is 5.49. The Bertz CT molecular complexity index is 177. The number of rotatable bonds is 2. The van der Waals surface area contributed by atoms with Gasteiger partial charge in [-0.15, -0.1) is 0 Å². The lowest BCUT2D eigenvalue weighted by atomic mass is 9.97. The van der Waals surface area contributed by atoms with E-state index in [2.05, 4.69) is 19.2 Å². The van der Waals surface area contributed by atoms with Crippen molar-refractivity contribution in [1.82, 2.24) is 5.32 Å². The second-order valence-electron chi connectivity index (χ2n) is 5.10. The summed E-state index contributed by atoms with van der Waals surface area (Å²) in [6, 6.07) is 1.37. The topological polar surface area (TPSA) is 21.3 Å². The molecule has 0 aromatic heterocycles. The van der Waals surface area contributed by atoms with Gasteiger partial charge in [0.15, 0.2) is 0 Å². The molecule has 0 bridgehead atoms. The van der Waals surface area contributed by atoms with Crippen molar-refractivity contribution in [3.05, 3.63) is 0 Å². The molecule has 82 valence electrons. The maximum atomic E-state index is 5.49. The van der Waals surface area contributed by atoms with Crippen LogP contribution in [0.15, 0.2) is 0 Å². The molecule has 2 fully saturated rings. The van der Waals surface area contributed by atoms with Crippen molar-refractivity contribution >= 4 is 0 Å². The molecule has 0 aromatic carbocycles. The van der Waals surface area contributed by atoms with Crippen LogP contribution in [-0.4, -0.2) is 25.3 Å². The summed E-state index contributed by atoms with van der Waals surface area (Å²) in [7, 11) is 0. The van der Waals surface area contributed by atoms with E-state index in [1.165, 1.54) is 25.7 Å². The van der Waals surface area contributed by atoms with Crippen molar-refractivity contribution in [2.75, 3.05) is 13.2 Å². The highest BCUT2D eigenvalue weighted by Crippen LogP contribution is 2.31. The molecule has 0 radical (unpaired) electrons. The van der Waals surface area contributed by atoms with E-state index in [4.69, 9.17) is 4.74 Å².